The van der Waals surface area contributed by atoms with Gasteiger partial charge in [-0.2, -0.15) is 13.2 Å². The van der Waals surface area contributed by atoms with Crippen LogP contribution in [0.3, 0.4) is 0 Å². The van der Waals surface area contributed by atoms with Crippen molar-refractivity contribution in [3.63, 3.8) is 0 Å². The van der Waals surface area contributed by atoms with Crippen molar-refractivity contribution >= 4 is 11.6 Å². The second kappa shape index (κ2) is 4.93. The summed E-state index contributed by atoms with van der Waals surface area (Å²) in [6.45, 7) is 0.353. The number of rotatable bonds is 3. The molecule has 0 heterocycles. The van der Waals surface area contributed by atoms with E-state index in [2.05, 4.69) is 4.74 Å². The normalized spacial score (nSPS) is 13.6. The summed E-state index contributed by atoms with van der Waals surface area (Å²) in [5, 5.41) is 0.133. The molecule has 0 saturated carbocycles. The number of alkyl halides is 3. The van der Waals surface area contributed by atoms with E-state index in [1.54, 1.807) is 13.0 Å². The molecule has 0 amide bonds. The van der Waals surface area contributed by atoms with Crippen molar-refractivity contribution in [3.8, 4) is 5.75 Å². The molecule has 0 bridgehead atoms. The van der Waals surface area contributed by atoms with Crippen molar-refractivity contribution < 1.29 is 17.9 Å². The Kier molecular flexibility index (Phi) is 4.04. The first kappa shape index (κ1) is 13.1. The Bertz CT molecular complexity index is 366. The minimum Gasteiger partial charge on any atom is -0.483 e. The molecule has 0 radical (unpaired) electrons. The van der Waals surface area contributed by atoms with Gasteiger partial charge in [-0.15, -0.1) is 0 Å². The molecule has 0 aromatic heterocycles. The van der Waals surface area contributed by atoms with E-state index < -0.39 is 12.8 Å². The van der Waals surface area contributed by atoms with Crippen LogP contribution in [0.4, 0.5) is 13.2 Å². The summed E-state index contributed by atoms with van der Waals surface area (Å²) >= 11 is 5.70. The van der Waals surface area contributed by atoms with E-state index in [-0.39, 0.29) is 16.8 Å². The van der Waals surface area contributed by atoms with Gasteiger partial charge in [0.15, 0.2) is 6.61 Å². The summed E-state index contributed by atoms with van der Waals surface area (Å²) in [6, 6.07) is 4.24. The van der Waals surface area contributed by atoms with E-state index in [0.29, 0.717) is 5.56 Å². The number of benzene rings is 1. The van der Waals surface area contributed by atoms with Crippen molar-refractivity contribution in [2.45, 2.75) is 19.1 Å². The van der Waals surface area contributed by atoms with E-state index >= 15 is 0 Å². The average Bonchev–Trinajstić information content (AvgIpc) is 2.14. The lowest BCUT2D eigenvalue weighted by Crippen LogP contribution is -2.19. The first-order chi connectivity index (χ1) is 7.29. The fourth-order valence-corrected chi connectivity index (χ4v) is 1.25. The highest BCUT2D eigenvalue weighted by molar-refractivity contribution is 6.32. The smallest absolute Gasteiger partial charge is 0.422 e. The predicted octanol–water partition coefficient (Wildman–Crippen LogP) is 3.30. The molecular formula is C10H11ClF3NO. The predicted molar refractivity (Wildman–Crippen MR) is 55.6 cm³/mol. The van der Waals surface area contributed by atoms with Gasteiger partial charge in [-0.1, -0.05) is 17.7 Å². The molecule has 2 nitrogen and oxygen atoms in total. The second-order valence-electron chi connectivity index (χ2n) is 3.38. The summed E-state index contributed by atoms with van der Waals surface area (Å²) in [7, 11) is 0. The molecule has 6 heteroatoms. The molecule has 0 saturated heterocycles. The van der Waals surface area contributed by atoms with Crippen LogP contribution in [-0.2, 0) is 0 Å². The quantitative estimate of drug-likeness (QED) is 0.897. The first-order valence-corrected chi connectivity index (χ1v) is 4.92. The molecule has 0 aliphatic carbocycles. The maximum atomic E-state index is 11.9. The number of hydrogen-bond donors (Lipinski definition) is 1. The Morgan fingerprint density at radius 1 is 1.44 bits per heavy atom. The Labute approximate surface area is 96.1 Å². The van der Waals surface area contributed by atoms with Crippen molar-refractivity contribution in [1.82, 2.24) is 0 Å². The van der Waals surface area contributed by atoms with Crippen LogP contribution in [0.2, 0.25) is 5.02 Å². The van der Waals surface area contributed by atoms with Crippen LogP contribution >= 0.6 is 11.6 Å². The van der Waals surface area contributed by atoms with Crippen LogP contribution < -0.4 is 10.5 Å². The minimum atomic E-state index is -4.38. The molecule has 0 aliphatic rings. The van der Waals surface area contributed by atoms with Gasteiger partial charge in [0.25, 0.3) is 0 Å². The minimum absolute atomic E-state index is 0.00575. The van der Waals surface area contributed by atoms with E-state index in [4.69, 9.17) is 17.3 Å². The molecule has 90 valence electrons. The molecule has 1 aromatic carbocycles. The summed E-state index contributed by atoms with van der Waals surface area (Å²) in [5.41, 5.74) is 6.26. The van der Waals surface area contributed by atoms with Crippen LogP contribution in [0.25, 0.3) is 0 Å². The zero-order chi connectivity index (χ0) is 12.3. The number of hydrogen-bond acceptors (Lipinski definition) is 2. The molecule has 16 heavy (non-hydrogen) atoms. The van der Waals surface area contributed by atoms with Gasteiger partial charge >= 0.3 is 6.18 Å². The number of ether oxygens (including phenoxy) is 1. The lowest BCUT2D eigenvalue weighted by Gasteiger charge is -2.13. The van der Waals surface area contributed by atoms with E-state index in [9.17, 15) is 13.2 Å². The van der Waals surface area contributed by atoms with E-state index in [1.807, 2.05) is 0 Å². The maximum Gasteiger partial charge on any atom is 0.422 e. The Morgan fingerprint density at radius 2 is 2.06 bits per heavy atom. The highest BCUT2D eigenvalue weighted by atomic mass is 35.5. The molecular weight excluding hydrogens is 243 g/mol. The third-order valence-electron chi connectivity index (χ3n) is 1.87. The van der Waals surface area contributed by atoms with Crippen LogP contribution in [0.15, 0.2) is 18.2 Å². The van der Waals surface area contributed by atoms with Gasteiger partial charge in [-0.25, -0.2) is 0 Å². The monoisotopic (exact) mass is 253 g/mol. The van der Waals surface area contributed by atoms with Gasteiger partial charge in [-0.3, -0.25) is 0 Å². The SMILES string of the molecule is CC(N)c1ccc(Cl)c(OCC(F)(F)F)c1. The van der Waals surface area contributed by atoms with Gasteiger partial charge in [0.2, 0.25) is 0 Å². The summed E-state index contributed by atoms with van der Waals surface area (Å²) < 4.78 is 40.4. The van der Waals surface area contributed by atoms with E-state index in [0.717, 1.165) is 0 Å². The molecule has 1 unspecified atom stereocenters. The standard InChI is InChI=1S/C10H11ClF3NO/c1-6(15)7-2-3-8(11)9(4-7)16-5-10(12,13)14/h2-4,6H,5,15H2,1H3. The maximum absolute atomic E-state index is 11.9. The average molecular weight is 254 g/mol. The fourth-order valence-electron chi connectivity index (χ4n) is 1.07. The number of nitrogens with two attached hydrogens (primary N) is 1. The topological polar surface area (TPSA) is 35.2 Å². The largest absolute Gasteiger partial charge is 0.483 e. The van der Waals surface area contributed by atoms with Crippen molar-refractivity contribution in [3.05, 3.63) is 28.8 Å². The number of halogens is 4. The van der Waals surface area contributed by atoms with Crippen LogP contribution in [0, 0.1) is 0 Å². The van der Waals surface area contributed by atoms with Gasteiger partial charge < -0.3 is 10.5 Å². The first-order valence-electron chi connectivity index (χ1n) is 4.54. The van der Waals surface area contributed by atoms with Crippen LogP contribution in [-0.4, -0.2) is 12.8 Å². The third-order valence-corrected chi connectivity index (χ3v) is 2.18. The molecule has 1 atom stereocenters. The van der Waals surface area contributed by atoms with Crippen molar-refractivity contribution in [2.24, 2.45) is 5.73 Å². The lowest BCUT2D eigenvalue weighted by molar-refractivity contribution is -0.153. The molecule has 1 aromatic rings. The lowest BCUT2D eigenvalue weighted by atomic mass is 10.1. The zero-order valence-corrected chi connectivity index (χ0v) is 9.27. The van der Waals surface area contributed by atoms with Crippen molar-refractivity contribution in [1.29, 1.82) is 0 Å². The second-order valence-corrected chi connectivity index (χ2v) is 3.79. The molecule has 0 fully saturated rings. The van der Waals surface area contributed by atoms with Crippen LogP contribution in [0.1, 0.15) is 18.5 Å². The highest BCUT2D eigenvalue weighted by Crippen LogP contribution is 2.29. The van der Waals surface area contributed by atoms with Gasteiger partial charge in [-0.05, 0) is 24.6 Å². The van der Waals surface area contributed by atoms with Gasteiger partial charge in [0, 0.05) is 6.04 Å². The summed E-state index contributed by atoms with van der Waals surface area (Å²) in [6.07, 6.45) is -4.38. The zero-order valence-electron chi connectivity index (χ0n) is 8.51. The third kappa shape index (κ3) is 3.90. The van der Waals surface area contributed by atoms with E-state index in [1.165, 1.54) is 12.1 Å². The summed E-state index contributed by atoms with van der Waals surface area (Å²) in [5.74, 6) is -0.00575. The van der Waals surface area contributed by atoms with Gasteiger partial charge in [0.1, 0.15) is 5.75 Å². The highest BCUT2D eigenvalue weighted by Gasteiger charge is 2.28. The molecule has 2 N–H and O–H groups in total. The molecule has 0 aliphatic heterocycles. The van der Waals surface area contributed by atoms with Gasteiger partial charge in [0.05, 0.1) is 5.02 Å². The molecule has 0 spiro atoms. The summed E-state index contributed by atoms with van der Waals surface area (Å²) in [4.78, 5) is 0. The van der Waals surface area contributed by atoms with Crippen molar-refractivity contribution in [2.75, 3.05) is 6.61 Å². The Balaban J connectivity index is 2.82. The van der Waals surface area contributed by atoms with Crippen LogP contribution in [0.5, 0.6) is 5.75 Å². The Hall–Kier alpha value is -0.940. The Morgan fingerprint density at radius 3 is 2.56 bits per heavy atom. The fraction of sp³-hybridized carbons (Fsp3) is 0.400. The molecule has 1 rings (SSSR count).